The summed E-state index contributed by atoms with van der Waals surface area (Å²) in [5, 5.41) is 6.25. The molecule has 0 aliphatic carbocycles. The molecule has 0 spiro atoms. The zero-order chi connectivity index (χ0) is 10.2. The first-order valence-electron chi connectivity index (χ1n) is 5.44. The summed E-state index contributed by atoms with van der Waals surface area (Å²) in [5.74, 6) is 0.769. The van der Waals surface area contributed by atoms with Gasteiger partial charge in [0.1, 0.15) is 0 Å². The molecule has 14 heavy (non-hydrogen) atoms. The topological polar surface area (TPSA) is 41.1 Å². The smallest absolute Gasteiger partial charge is 0.243 e. The molecular weight excluding hydrogens is 176 g/mol. The van der Waals surface area contributed by atoms with Crippen molar-refractivity contribution in [2.24, 2.45) is 5.92 Å². The molecule has 2 N–H and O–H groups in total. The molecule has 1 fully saturated rings. The summed E-state index contributed by atoms with van der Waals surface area (Å²) >= 11 is 0. The molecule has 0 bridgehead atoms. The van der Waals surface area contributed by atoms with Gasteiger partial charge in [-0.05, 0) is 51.3 Å². The normalized spacial score (nSPS) is 22.5. The number of allylic oxidation sites excluding steroid dienone is 1. The highest BCUT2D eigenvalue weighted by atomic mass is 16.1. The van der Waals surface area contributed by atoms with Gasteiger partial charge in [-0.15, -0.1) is 0 Å². The van der Waals surface area contributed by atoms with E-state index in [4.69, 9.17) is 0 Å². The van der Waals surface area contributed by atoms with E-state index in [-0.39, 0.29) is 5.91 Å². The second-order valence-electron chi connectivity index (χ2n) is 3.79. The van der Waals surface area contributed by atoms with E-state index in [2.05, 4.69) is 10.6 Å². The van der Waals surface area contributed by atoms with Crippen molar-refractivity contribution >= 4 is 5.91 Å². The third kappa shape index (κ3) is 4.42. The molecule has 0 radical (unpaired) electrons. The SMILES string of the molecule is CC=CC(=O)NCCC1CCCNC1. The highest BCUT2D eigenvalue weighted by Gasteiger charge is 2.12. The van der Waals surface area contributed by atoms with Gasteiger partial charge in [0.25, 0.3) is 0 Å². The minimum atomic E-state index is 0.0243. The lowest BCUT2D eigenvalue weighted by atomic mass is 9.96. The Morgan fingerprint density at radius 3 is 3.14 bits per heavy atom. The molecule has 1 atom stereocenters. The lowest BCUT2D eigenvalue weighted by Crippen LogP contribution is -2.32. The molecule has 1 heterocycles. The average Bonchev–Trinajstić information content (AvgIpc) is 2.20. The van der Waals surface area contributed by atoms with Crippen LogP contribution >= 0.6 is 0 Å². The Bertz CT molecular complexity index is 195. The maximum absolute atomic E-state index is 11.1. The summed E-state index contributed by atoms with van der Waals surface area (Å²) in [4.78, 5) is 11.1. The summed E-state index contributed by atoms with van der Waals surface area (Å²) in [7, 11) is 0. The van der Waals surface area contributed by atoms with E-state index in [9.17, 15) is 4.79 Å². The molecule has 1 amide bonds. The highest BCUT2D eigenvalue weighted by Crippen LogP contribution is 2.12. The lowest BCUT2D eigenvalue weighted by molar-refractivity contribution is -0.116. The summed E-state index contributed by atoms with van der Waals surface area (Å²) in [6, 6.07) is 0. The van der Waals surface area contributed by atoms with Gasteiger partial charge in [-0.1, -0.05) is 6.08 Å². The van der Waals surface area contributed by atoms with E-state index in [1.807, 2.05) is 6.92 Å². The predicted octanol–water partition coefficient (Wildman–Crippen LogP) is 1.07. The van der Waals surface area contributed by atoms with Crippen molar-refractivity contribution in [1.29, 1.82) is 0 Å². The minimum Gasteiger partial charge on any atom is -0.353 e. The van der Waals surface area contributed by atoms with E-state index in [1.54, 1.807) is 12.2 Å². The number of hydrogen-bond donors (Lipinski definition) is 2. The number of amides is 1. The second-order valence-corrected chi connectivity index (χ2v) is 3.79. The molecule has 1 aliphatic heterocycles. The van der Waals surface area contributed by atoms with Gasteiger partial charge in [-0.2, -0.15) is 0 Å². The fourth-order valence-electron chi connectivity index (χ4n) is 1.78. The zero-order valence-electron chi connectivity index (χ0n) is 8.88. The number of piperidine rings is 1. The van der Waals surface area contributed by atoms with Gasteiger partial charge in [0.05, 0.1) is 0 Å². The second kappa shape index (κ2) is 6.60. The van der Waals surface area contributed by atoms with Crippen molar-refractivity contribution in [1.82, 2.24) is 10.6 Å². The first-order valence-corrected chi connectivity index (χ1v) is 5.44. The van der Waals surface area contributed by atoms with Crippen LogP contribution < -0.4 is 10.6 Å². The summed E-state index contributed by atoms with van der Waals surface area (Å²) in [6.07, 6.45) is 6.99. The van der Waals surface area contributed by atoms with Crippen molar-refractivity contribution in [2.45, 2.75) is 26.2 Å². The molecule has 1 saturated heterocycles. The van der Waals surface area contributed by atoms with Crippen LogP contribution in [-0.2, 0) is 4.79 Å². The van der Waals surface area contributed by atoms with Gasteiger partial charge < -0.3 is 10.6 Å². The molecule has 80 valence electrons. The number of nitrogens with one attached hydrogen (secondary N) is 2. The third-order valence-corrected chi connectivity index (χ3v) is 2.57. The van der Waals surface area contributed by atoms with Crippen LogP contribution in [0.5, 0.6) is 0 Å². The van der Waals surface area contributed by atoms with Gasteiger partial charge in [0.2, 0.25) is 5.91 Å². The van der Waals surface area contributed by atoms with Crippen molar-refractivity contribution in [3.05, 3.63) is 12.2 Å². The molecule has 1 rings (SSSR count). The molecule has 1 aliphatic rings. The highest BCUT2D eigenvalue weighted by molar-refractivity contribution is 5.87. The molecule has 0 aromatic rings. The van der Waals surface area contributed by atoms with Crippen LogP contribution in [0.4, 0.5) is 0 Å². The molecule has 3 nitrogen and oxygen atoms in total. The quantitative estimate of drug-likeness (QED) is 0.660. The van der Waals surface area contributed by atoms with Crippen LogP contribution in [0.3, 0.4) is 0 Å². The maximum Gasteiger partial charge on any atom is 0.243 e. The van der Waals surface area contributed by atoms with Crippen molar-refractivity contribution < 1.29 is 4.79 Å². The monoisotopic (exact) mass is 196 g/mol. The number of rotatable bonds is 4. The average molecular weight is 196 g/mol. The fourth-order valence-corrected chi connectivity index (χ4v) is 1.78. The number of hydrogen-bond acceptors (Lipinski definition) is 2. The van der Waals surface area contributed by atoms with Crippen molar-refractivity contribution in [3.8, 4) is 0 Å². The van der Waals surface area contributed by atoms with Gasteiger partial charge in [0, 0.05) is 6.54 Å². The maximum atomic E-state index is 11.1. The van der Waals surface area contributed by atoms with Crippen LogP contribution in [0, 0.1) is 5.92 Å². The Balaban J connectivity index is 2.05. The molecule has 0 aromatic carbocycles. The molecule has 3 heteroatoms. The van der Waals surface area contributed by atoms with Gasteiger partial charge in [0.15, 0.2) is 0 Å². The Hall–Kier alpha value is -0.830. The standard InChI is InChI=1S/C11H20N2O/c1-2-4-11(14)13-8-6-10-5-3-7-12-9-10/h2,4,10,12H,3,5-9H2,1H3,(H,13,14). The van der Waals surface area contributed by atoms with Crippen molar-refractivity contribution in [3.63, 3.8) is 0 Å². The Labute approximate surface area is 86.0 Å². The summed E-state index contributed by atoms with van der Waals surface area (Å²) < 4.78 is 0. The van der Waals surface area contributed by atoms with Gasteiger partial charge >= 0.3 is 0 Å². The van der Waals surface area contributed by atoms with E-state index in [1.165, 1.54) is 12.8 Å². The van der Waals surface area contributed by atoms with Gasteiger partial charge in [-0.25, -0.2) is 0 Å². The fraction of sp³-hybridized carbons (Fsp3) is 0.727. The van der Waals surface area contributed by atoms with E-state index in [0.717, 1.165) is 32.0 Å². The van der Waals surface area contributed by atoms with Crippen molar-refractivity contribution in [2.75, 3.05) is 19.6 Å². The van der Waals surface area contributed by atoms with Crippen LogP contribution in [0.15, 0.2) is 12.2 Å². The van der Waals surface area contributed by atoms with Crippen LogP contribution in [0.2, 0.25) is 0 Å². The van der Waals surface area contributed by atoms with Crippen LogP contribution in [0.25, 0.3) is 0 Å². The van der Waals surface area contributed by atoms with E-state index >= 15 is 0 Å². The van der Waals surface area contributed by atoms with E-state index < -0.39 is 0 Å². The van der Waals surface area contributed by atoms with Crippen LogP contribution in [0.1, 0.15) is 26.2 Å². The summed E-state index contributed by atoms with van der Waals surface area (Å²) in [5.41, 5.74) is 0. The Morgan fingerprint density at radius 1 is 1.64 bits per heavy atom. The van der Waals surface area contributed by atoms with Gasteiger partial charge in [-0.3, -0.25) is 4.79 Å². The summed E-state index contributed by atoms with van der Waals surface area (Å²) in [6.45, 7) is 4.92. The Kier molecular flexibility index (Phi) is 5.30. The predicted molar refractivity (Wildman–Crippen MR) is 58.0 cm³/mol. The Morgan fingerprint density at radius 2 is 2.50 bits per heavy atom. The minimum absolute atomic E-state index is 0.0243. The van der Waals surface area contributed by atoms with Crippen LogP contribution in [-0.4, -0.2) is 25.5 Å². The lowest BCUT2D eigenvalue weighted by Gasteiger charge is -2.22. The molecule has 0 aromatic heterocycles. The number of carbonyl (C=O) groups is 1. The zero-order valence-corrected chi connectivity index (χ0v) is 8.88. The largest absolute Gasteiger partial charge is 0.353 e. The molecular formula is C11H20N2O. The molecule has 1 unspecified atom stereocenters. The molecule has 0 saturated carbocycles. The van der Waals surface area contributed by atoms with E-state index in [0.29, 0.717) is 0 Å². The number of carbonyl (C=O) groups excluding carboxylic acids is 1. The third-order valence-electron chi connectivity index (χ3n) is 2.57. The first-order chi connectivity index (χ1) is 6.83. The first kappa shape index (κ1) is 11.2.